The first kappa shape index (κ1) is 16.5. The fourth-order valence-electron chi connectivity index (χ4n) is 2.67. The number of hydrazone groups is 1. The van der Waals surface area contributed by atoms with Crippen molar-refractivity contribution in [2.45, 2.75) is 20.4 Å². The number of nitrogens with one attached hydrogen (secondary N) is 2. The topological polar surface area (TPSA) is 101 Å². The number of benzene rings is 1. The zero-order chi connectivity index (χ0) is 17.8. The van der Waals surface area contributed by atoms with Gasteiger partial charge in [-0.05, 0) is 25.5 Å². The molecule has 0 saturated carbocycles. The van der Waals surface area contributed by atoms with Crippen LogP contribution in [0, 0.1) is 13.8 Å². The standard InChI is InChI=1S/C18H20N6O/c1-12-8-15(10-20-23-16-9-17(25)22-18(19)21-16)13(2)24(12)11-14-6-4-3-5-7-14/h3-10H,11H2,1-2H3,(H4,19,21,22,23,25)/b20-10+. The van der Waals surface area contributed by atoms with E-state index in [0.717, 1.165) is 23.5 Å². The average molecular weight is 336 g/mol. The first-order chi connectivity index (χ1) is 12.0. The molecule has 0 unspecified atom stereocenters. The minimum atomic E-state index is -0.328. The van der Waals surface area contributed by atoms with Crippen LogP contribution >= 0.6 is 0 Å². The van der Waals surface area contributed by atoms with E-state index in [1.165, 1.54) is 11.6 Å². The summed E-state index contributed by atoms with van der Waals surface area (Å²) in [6.45, 7) is 4.94. The Hall–Kier alpha value is -3.35. The summed E-state index contributed by atoms with van der Waals surface area (Å²) >= 11 is 0. The van der Waals surface area contributed by atoms with Crippen molar-refractivity contribution in [3.8, 4) is 0 Å². The lowest BCUT2D eigenvalue weighted by Gasteiger charge is -2.09. The highest BCUT2D eigenvalue weighted by Gasteiger charge is 2.08. The molecule has 2 aromatic heterocycles. The summed E-state index contributed by atoms with van der Waals surface area (Å²) in [6, 6.07) is 13.7. The number of anilines is 2. The van der Waals surface area contributed by atoms with Crippen molar-refractivity contribution in [1.82, 2.24) is 14.5 Å². The highest BCUT2D eigenvalue weighted by molar-refractivity contribution is 5.82. The van der Waals surface area contributed by atoms with Gasteiger partial charge in [0.1, 0.15) is 0 Å². The number of aromatic amines is 1. The van der Waals surface area contributed by atoms with Gasteiger partial charge >= 0.3 is 0 Å². The molecule has 25 heavy (non-hydrogen) atoms. The Bertz CT molecular complexity index is 955. The van der Waals surface area contributed by atoms with Gasteiger partial charge in [-0.2, -0.15) is 10.1 Å². The fourth-order valence-corrected chi connectivity index (χ4v) is 2.67. The largest absolute Gasteiger partial charge is 0.369 e. The maximum atomic E-state index is 11.3. The molecule has 0 aliphatic heterocycles. The van der Waals surface area contributed by atoms with Gasteiger partial charge in [0, 0.05) is 29.6 Å². The van der Waals surface area contributed by atoms with Crippen molar-refractivity contribution in [2.75, 3.05) is 11.2 Å². The molecule has 1 aromatic carbocycles. The van der Waals surface area contributed by atoms with E-state index in [2.05, 4.69) is 57.1 Å². The number of nitrogens with zero attached hydrogens (tertiary/aromatic N) is 3. The SMILES string of the molecule is Cc1cc(/C=N/Nc2cc(=O)[nH]c(N)n2)c(C)n1Cc1ccccc1. The molecule has 0 bridgehead atoms. The maximum Gasteiger partial charge on any atom is 0.254 e. The van der Waals surface area contributed by atoms with Crippen molar-refractivity contribution in [3.05, 3.63) is 75.3 Å². The van der Waals surface area contributed by atoms with Gasteiger partial charge in [0.15, 0.2) is 5.82 Å². The second-order valence-corrected chi connectivity index (χ2v) is 5.78. The summed E-state index contributed by atoms with van der Waals surface area (Å²) in [4.78, 5) is 17.7. The summed E-state index contributed by atoms with van der Waals surface area (Å²) < 4.78 is 2.24. The maximum absolute atomic E-state index is 11.3. The molecular weight excluding hydrogens is 316 g/mol. The molecule has 0 fully saturated rings. The molecular formula is C18H20N6O. The first-order valence-corrected chi connectivity index (χ1v) is 7.89. The van der Waals surface area contributed by atoms with Crippen molar-refractivity contribution < 1.29 is 0 Å². The Balaban J connectivity index is 1.77. The predicted molar refractivity (Wildman–Crippen MR) is 99.9 cm³/mol. The Morgan fingerprint density at radius 2 is 2.04 bits per heavy atom. The minimum Gasteiger partial charge on any atom is -0.369 e. The van der Waals surface area contributed by atoms with Gasteiger partial charge in [-0.15, -0.1) is 0 Å². The van der Waals surface area contributed by atoms with Crippen LogP contribution in [0.3, 0.4) is 0 Å². The summed E-state index contributed by atoms with van der Waals surface area (Å²) in [5, 5.41) is 4.16. The van der Waals surface area contributed by atoms with Crippen LogP contribution in [0.1, 0.15) is 22.5 Å². The molecule has 7 nitrogen and oxygen atoms in total. The molecule has 3 rings (SSSR count). The Morgan fingerprint density at radius 3 is 2.76 bits per heavy atom. The summed E-state index contributed by atoms with van der Waals surface area (Å²) in [6.07, 6.45) is 1.71. The number of H-pyrrole nitrogens is 1. The van der Waals surface area contributed by atoms with Crippen LogP contribution in [0.5, 0.6) is 0 Å². The number of aryl methyl sites for hydroxylation is 1. The number of nitrogens with two attached hydrogens (primary N) is 1. The number of hydrogen-bond acceptors (Lipinski definition) is 5. The van der Waals surface area contributed by atoms with E-state index in [4.69, 9.17) is 5.73 Å². The lowest BCUT2D eigenvalue weighted by Crippen LogP contribution is -2.11. The van der Waals surface area contributed by atoms with Gasteiger partial charge in [-0.25, -0.2) is 0 Å². The molecule has 2 heterocycles. The van der Waals surface area contributed by atoms with E-state index in [1.807, 2.05) is 18.2 Å². The number of hydrogen-bond donors (Lipinski definition) is 3. The second-order valence-electron chi connectivity index (χ2n) is 5.78. The van der Waals surface area contributed by atoms with Gasteiger partial charge in [-0.3, -0.25) is 15.2 Å². The molecule has 0 aliphatic carbocycles. The highest BCUT2D eigenvalue weighted by atomic mass is 16.1. The van der Waals surface area contributed by atoms with Crippen LogP contribution in [0.25, 0.3) is 0 Å². The minimum absolute atomic E-state index is 0.0474. The molecule has 0 aliphatic rings. The third kappa shape index (κ3) is 3.95. The van der Waals surface area contributed by atoms with Crippen LogP contribution in [-0.4, -0.2) is 20.7 Å². The third-order valence-corrected chi connectivity index (χ3v) is 3.94. The summed E-state index contributed by atoms with van der Waals surface area (Å²) in [5.74, 6) is 0.349. The van der Waals surface area contributed by atoms with Gasteiger partial charge in [0.2, 0.25) is 5.95 Å². The summed E-state index contributed by atoms with van der Waals surface area (Å²) in [7, 11) is 0. The number of nitrogen functional groups attached to an aromatic ring is 1. The van der Waals surface area contributed by atoms with E-state index in [0.29, 0.717) is 5.82 Å². The predicted octanol–water partition coefficient (Wildman–Crippen LogP) is 2.26. The average Bonchev–Trinajstić information content (AvgIpc) is 2.83. The van der Waals surface area contributed by atoms with E-state index >= 15 is 0 Å². The number of rotatable bonds is 5. The molecule has 0 atom stereocenters. The Morgan fingerprint density at radius 1 is 1.28 bits per heavy atom. The van der Waals surface area contributed by atoms with E-state index in [9.17, 15) is 4.79 Å². The summed E-state index contributed by atoms with van der Waals surface area (Å²) in [5.41, 5.74) is 12.4. The zero-order valence-electron chi connectivity index (χ0n) is 14.2. The van der Waals surface area contributed by atoms with Gasteiger partial charge in [0.25, 0.3) is 5.56 Å². The van der Waals surface area contributed by atoms with Gasteiger partial charge < -0.3 is 10.3 Å². The van der Waals surface area contributed by atoms with Crippen LogP contribution in [0.2, 0.25) is 0 Å². The smallest absolute Gasteiger partial charge is 0.254 e. The third-order valence-electron chi connectivity index (χ3n) is 3.94. The van der Waals surface area contributed by atoms with Crippen LogP contribution in [0.15, 0.2) is 52.4 Å². The van der Waals surface area contributed by atoms with Crippen LogP contribution in [0.4, 0.5) is 11.8 Å². The van der Waals surface area contributed by atoms with Crippen molar-refractivity contribution >= 4 is 18.0 Å². The highest BCUT2D eigenvalue weighted by Crippen LogP contribution is 2.16. The first-order valence-electron chi connectivity index (χ1n) is 7.89. The fraction of sp³-hybridized carbons (Fsp3) is 0.167. The van der Waals surface area contributed by atoms with Gasteiger partial charge in [-0.1, -0.05) is 30.3 Å². The van der Waals surface area contributed by atoms with Crippen LogP contribution in [-0.2, 0) is 6.54 Å². The molecule has 0 radical (unpaired) electrons. The molecule has 128 valence electrons. The molecule has 0 spiro atoms. The van der Waals surface area contributed by atoms with Gasteiger partial charge in [0.05, 0.1) is 6.21 Å². The molecule has 3 aromatic rings. The molecule has 0 amide bonds. The number of aromatic nitrogens is 3. The molecule has 0 saturated heterocycles. The monoisotopic (exact) mass is 336 g/mol. The molecule has 7 heteroatoms. The normalized spacial score (nSPS) is 11.1. The van der Waals surface area contributed by atoms with Crippen LogP contribution < -0.4 is 16.7 Å². The lowest BCUT2D eigenvalue weighted by molar-refractivity contribution is 0.749. The van der Waals surface area contributed by atoms with E-state index in [-0.39, 0.29) is 11.5 Å². The Labute approximate surface area is 145 Å². The Kier molecular flexibility index (Phi) is 4.65. The van der Waals surface area contributed by atoms with E-state index < -0.39 is 0 Å². The quantitative estimate of drug-likeness (QED) is 0.491. The zero-order valence-corrected chi connectivity index (χ0v) is 14.2. The van der Waals surface area contributed by atoms with Crippen molar-refractivity contribution in [3.63, 3.8) is 0 Å². The molecule has 4 N–H and O–H groups in total. The lowest BCUT2D eigenvalue weighted by atomic mass is 10.2. The second kappa shape index (κ2) is 7.04. The van der Waals surface area contributed by atoms with E-state index in [1.54, 1.807) is 6.21 Å². The van der Waals surface area contributed by atoms with Crippen molar-refractivity contribution in [1.29, 1.82) is 0 Å². The van der Waals surface area contributed by atoms with Crippen molar-refractivity contribution in [2.24, 2.45) is 5.10 Å².